The summed E-state index contributed by atoms with van der Waals surface area (Å²) in [5, 5.41) is 11.5. The van der Waals surface area contributed by atoms with Gasteiger partial charge in [-0.1, -0.05) is 30.3 Å². The van der Waals surface area contributed by atoms with Crippen LogP contribution in [-0.2, 0) is 33.4 Å². The summed E-state index contributed by atoms with van der Waals surface area (Å²) >= 11 is 0. The lowest BCUT2D eigenvalue weighted by Gasteiger charge is -2.50. The Hall–Kier alpha value is -3.99. The van der Waals surface area contributed by atoms with Crippen LogP contribution in [0.3, 0.4) is 0 Å². The van der Waals surface area contributed by atoms with Crippen molar-refractivity contribution in [3.05, 3.63) is 58.6 Å². The smallest absolute Gasteiger partial charge is 0.349 e. The van der Waals surface area contributed by atoms with Gasteiger partial charge in [0.05, 0.1) is 31.4 Å². The molecule has 3 heterocycles. The molecule has 0 aliphatic carbocycles. The van der Waals surface area contributed by atoms with Crippen molar-refractivity contribution in [1.82, 2.24) is 14.7 Å². The Balaban J connectivity index is 2.16. The number of likely N-dealkylation sites (tertiary alicyclic amines) is 1. The van der Waals surface area contributed by atoms with Crippen molar-refractivity contribution in [2.24, 2.45) is 5.92 Å². The maximum Gasteiger partial charge on any atom is 0.349 e. The van der Waals surface area contributed by atoms with E-state index in [1.165, 1.54) is 19.1 Å². The predicted molar refractivity (Wildman–Crippen MR) is 118 cm³/mol. The van der Waals surface area contributed by atoms with E-state index in [9.17, 15) is 29.1 Å². The highest BCUT2D eigenvalue weighted by atomic mass is 16.5. The van der Waals surface area contributed by atoms with Crippen LogP contribution in [0.15, 0.2) is 53.0 Å². The molecule has 1 N–H and O–H groups in total. The fourth-order valence-electron chi connectivity index (χ4n) is 5.08. The zero-order chi connectivity index (χ0) is 25.8. The number of rotatable bonds is 4. The number of ether oxygens (including phenoxy) is 2. The van der Waals surface area contributed by atoms with Crippen LogP contribution in [0.5, 0.6) is 0 Å². The van der Waals surface area contributed by atoms with Crippen molar-refractivity contribution in [2.75, 3.05) is 27.8 Å². The number of fused-ring (bicyclic) bond motifs is 2. The highest BCUT2D eigenvalue weighted by Crippen LogP contribution is 2.51. The first kappa shape index (κ1) is 24.1. The van der Waals surface area contributed by atoms with Crippen LogP contribution in [0.1, 0.15) is 25.5 Å². The number of hydrogen-bond acceptors (Lipinski definition) is 9. The van der Waals surface area contributed by atoms with Gasteiger partial charge in [-0.15, -0.1) is 0 Å². The number of carbonyl (C=O) groups is 5. The molecule has 184 valence electrons. The number of allylic oxidation sites excluding steroid dienone is 1. The van der Waals surface area contributed by atoms with Crippen LogP contribution in [-0.4, -0.2) is 82.9 Å². The van der Waals surface area contributed by atoms with Gasteiger partial charge in [-0.05, 0) is 19.4 Å². The molecule has 3 aliphatic heterocycles. The summed E-state index contributed by atoms with van der Waals surface area (Å²) in [6.07, 6.45) is 0. The lowest BCUT2D eigenvalue weighted by atomic mass is 9.76. The van der Waals surface area contributed by atoms with Crippen molar-refractivity contribution in [2.45, 2.75) is 25.5 Å². The number of carbonyl (C=O) groups excluding carboxylic acids is 5. The largest absolute Gasteiger partial charge is 0.466 e. The van der Waals surface area contributed by atoms with Gasteiger partial charge in [0.15, 0.2) is 0 Å². The Morgan fingerprint density at radius 1 is 1.09 bits per heavy atom. The first-order valence-electron chi connectivity index (χ1n) is 10.9. The molecule has 3 amide bonds. The summed E-state index contributed by atoms with van der Waals surface area (Å²) in [5.41, 5.74) is -2.31. The third-order valence-electron chi connectivity index (χ3n) is 6.75. The standard InChI is InChI=1S/C24H25N3O8/c1-6-26-12(2)14(21(30)34-4)17(13-10-8-7-9-11-13)27-18(26)15-16(20(29)25(3)19(15)28)24(33,22(27)31)23(32)35-5/h7-11,16-17,33H,6H2,1-5H3/t16-,17-,24+/m0/s1. The normalized spacial score (nSPS) is 26.2. The third-order valence-corrected chi connectivity index (χ3v) is 6.75. The maximum atomic E-state index is 14.0. The van der Waals surface area contributed by atoms with Crippen molar-refractivity contribution in [3.8, 4) is 0 Å². The Morgan fingerprint density at radius 3 is 2.26 bits per heavy atom. The van der Waals surface area contributed by atoms with E-state index in [-0.39, 0.29) is 23.5 Å². The summed E-state index contributed by atoms with van der Waals surface area (Å²) in [5.74, 6) is -6.77. The molecule has 11 heteroatoms. The molecular weight excluding hydrogens is 458 g/mol. The van der Waals surface area contributed by atoms with Gasteiger partial charge in [0.1, 0.15) is 11.7 Å². The Kier molecular flexibility index (Phi) is 5.76. The van der Waals surface area contributed by atoms with Crippen molar-refractivity contribution >= 4 is 29.7 Å². The molecule has 0 spiro atoms. The molecule has 1 aromatic carbocycles. The average Bonchev–Trinajstić information content (AvgIpc) is 3.10. The minimum atomic E-state index is -3.02. The van der Waals surface area contributed by atoms with Crippen LogP contribution in [0.4, 0.5) is 0 Å². The summed E-state index contributed by atoms with van der Waals surface area (Å²) in [4.78, 5) is 69.6. The summed E-state index contributed by atoms with van der Waals surface area (Å²) in [6, 6.07) is 7.29. The molecule has 0 saturated carbocycles. The number of esters is 2. The van der Waals surface area contributed by atoms with Crippen LogP contribution in [0.2, 0.25) is 0 Å². The quantitative estimate of drug-likeness (QED) is 0.359. The molecular formula is C24H25N3O8. The Morgan fingerprint density at radius 2 is 1.71 bits per heavy atom. The van der Waals surface area contributed by atoms with Gasteiger partial charge in [-0.25, -0.2) is 9.59 Å². The molecule has 3 aliphatic rings. The van der Waals surface area contributed by atoms with Gasteiger partial charge in [0.2, 0.25) is 5.91 Å². The third kappa shape index (κ3) is 3.04. The number of imide groups is 1. The van der Waals surface area contributed by atoms with Crippen LogP contribution >= 0.6 is 0 Å². The SMILES string of the molecule is CCN1C(C)=C(C(=O)OC)[C@H](c2ccccc2)N2C(=O)[C@@](O)(C(=O)OC)[C@@H]3C(=O)N(C)C(=O)C3=C12. The van der Waals surface area contributed by atoms with Gasteiger partial charge in [-0.2, -0.15) is 0 Å². The predicted octanol–water partition coefficient (Wildman–Crippen LogP) is 0.0829. The van der Waals surface area contributed by atoms with Crippen molar-refractivity contribution in [1.29, 1.82) is 0 Å². The summed E-state index contributed by atoms with van der Waals surface area (Å²) < 4.78 is 9.74. The second-order valence-electron chi connectivity index (χ2n) is 8.35. The summed E-state index contributed by atoms with van der Waals surface area (Å²) in [7, 11) is 3.37. The zero-order valence-electron chi connectivity index (χ0n) is 19.9. The molecule has 11 nitrogen and oxygen atoms in total. The van der Waals surface area contributed by atoms with Gasteiger partial charge < -0.3 is 19.5 Å². The minimum absolute atomic E-state index is 0.0257. The van der Waals surface area contributed by atoms with E-state index in [2.05, 4.69) is 0 Å². The van der Waals surface area contributed by atoms with Gasteiger partial charge >= 0.3 is 11.9 Å². The van der Waals surface area contributed by atoms with Crippen LogP contribution < -0.4 is 0 Å². The molecule has 1 fully saturated rings. The first-order chi connectivity index (χ1) is 16.6. The van der Waals surface area contributed by atoms with E-state index in [0.29, 0.717) is 11.3 Å². The van der Waals surface area contributed by atoms with Gasteiger partial charge in [-0.3, -0.25) is 24.2 Å². The fourth-order valence-corrected chi connectivity index (χ4v) is 5.08. The molecule has 3 atom stereocenters. The molecule has 4 rings (SSSR count). The van der Waals surface area contributed by atoms with Crippen LogP contribution in [0.25, 0.3) is 0 Å². The monoisotopic (exact) mass is 483 g/mol. The maximum absolute atomic E-state index is 14.0. The number of nitrogens with zero attached hydrogens (tertiary/aromatic N) is 3. The Bertz CT molecular complexity index is 1220. The van der Waals surface area contributed by atoms with Gasteiger partial charge in [0, 0.05) is 19.3 Å². The highest BCUT2D eigenvalue weighted by molar-refractivity contribution is 6.23. The molecule has 1 aromatic rings. The molecule has 0 bridgehead atoms. The van der Waals surface area contributed by atoms with Gasteiger partial charge in [0.25, 0.3) is 17.4 Å². The number of hydrogen-bond donors (Lipinski definition) is 1. The van der Waals surface area contributed by atoms with E-state index < -0.39 is 47.2 Å². The van der Waals surface area contributed by atoms with E-state index in [4.69, 9.17) is 9.47 Å². The molecule has 1 saturated heterocycles. The molecule has 0 radical (unpaired) electrons. The van der Waals surface area contributed by atoms with Crippen molar-refractivity contribution in [3.63, 3.8) is 0 Å². The van der Waals surface area contributed by atoms with Crippen LogP contribution in [0, 0.1) is 5.92 Å². The van der Waals surface area contributed by atoms with Crippen molar-refractivity contribution < 1.29 is 38.6 Å². The lowest BCUT2D eigenvalue weighted by molar-refractivity contribution is -0.184. The molecule has 0 unspecified atom stereocenters. The van der Waals surface area contributed by atoms with E-state index in [0.717, 1.165) is 16.9 Å². The number of methoxy groups -OCH3 is 2. The summed E-state index contributed by atoms with van der Waals surface area (Å²) in [6.45, 7) is 3.58. The minimum Gasteiger partial charge on any atom is -0.466 e. The zero-order valence-corrected chi connectivity index (χ0v) is 19.9. The topological polar surface area (TPSA) is 134 Å². The first-order valence-corrected chi connectivity index (χ1v) is 10.9. The molecule has 0 aromatic heterocycles. The Labute approximate surface area is 201 Å². The highest BCUT2D eigenvalue weighted by Gasteiger charge is 2.69. The number of amides is 3. The van der Waals surface area contributed by atoms with E-state index >= 15 is 0 Å². The fraction of sp³-hybridized carbons (Fsp3) is 0.375. The number of benzene rings is 1. The van der Waals surface area contributed by atoms with E-state index in [1.54, 1.807) is 44.2 Å². The number of likely N-dealkylation sites (N-methyl/N-ethyl adjacent to an activating group) is 1. The lowest BCUT2D eigenvalue weighted by Crippen LogP contribution is -2.66. The number of aliphatic hydroxyl groups is 1. The van der Waals surface area contributed by atoms with E-state index in [1.807, 2.05) is 0 Å². The second-order valence-corrected chi connectivity index (χ2v) is 8.35. The average molecular weight is 483 g/mol. The second kappa shape index (κ2) is 8.35. The molecule has 35 heavy (non-hydrogen) atoms.